The predicted molar refractivity (Wildman–Crippen MR) is 182 cm³/mol. The van der Waals surface area contributed by atoms with Crippen LogP contribution in [-0.2, 0) is 20.7 Å². The first-order chi connectivity index (χ1) is 24.5. The number of rotatable bonds is 6. The smallest absolute Gasteiger partial charge is 0.431 e. The molecule has 17 heteroatoms. The SMILES string of the molecule is CC(C)(C)OC(=O)N1[C@H](C#Cc2ccc(Br)c([C@H](Cc3cc(F)cc(F)c3)NC(=O)CN=C3C(=C(N)C(F)(F)F)[C@H]4CC[C@H]4C3(F)F)n2)COC1(C)C. The van der Waals surface area contributed by atoms with Crippen molar-refractivity contribution in [3.63, 3.8) is 0 Å². The van der Waals surface area contributed by atoms with Crippen molar-refractivity contribution in [2.45, 2.75) is 89.4 Å². The Morgan fingerprint density at radius 3 is 2.40 bits per heavy atom. The number of hydrogen-bond acceptors (Lipinski definition) is 7. The molecule has 3 fully saturated rings. The lowest BCUT2D eigenvalue weighted by molar-refractivity contribution is -0.120. The molecule has 0 bridgehead atoms. The molecule has 286 valence electrons. The Morgan fingerprint density at radius 1 is 1.15 bits per heavy atom. The number of allylic oxidation sites excluding steroid dienone is 2. The molecule has 5 rings (SSSR count). The first-order valence-corrected chi connectivity index (χ1v) is 17.4. The summed E-state index contributed by atoms with van der Waals surface area (Å²) in [6.07, 6.45) is -5.97. The number of nitrogens with zero attached hydrogens (tertiary/aromatic N) is 3. The third kappa shape index (κ3) is 8.80. The fourth-order valence-corrected chi connectivity index (χ4v) is 7.05. The highest BCUT2D eigenvalue weighted by Crippen LogP contribution is 2.57. The van der Waals surface area contributed by atoms with Gasteiger partial charge in [-0.3, -0.25) is 14.7 Å². The maximum absolute atomic E-state index is 15.3. The van der Waals surface area contributed by atoms with Crippen LogP contribution in [0.15, 0.2) is 51.1 Å². The Morgan fingerprint density at radius 2 is 1.81 bits per heavy atom. The monoisotopic (exact) mass is 815 g/mol. The minimum Gasteiger partial charge on any atom is -0.444 e. The Bertz CT molecular complexity index is 1900. The van der Waals surface area contributed by atoms with Crippen LogP contribution in [0.5, 0.6) is 0 Å². The highest BCUT2D eigenvalue weighted by molar-refractivity contribution is 9.10. The second kappa shape index (κ2) is 14.6. The van der Waals surface area contributed by atoms with E-state index in [0.717, 1.165) is 12.1 Å². The Kier molecular flexibility index (Phi) is 11.0. The lowest BCUT2D eigenvalue weighted by Gasteiger charge is -2.33. The summed E-state index contributed by atoms with van der Waals surface area (Å²) in [4.78, 5) is 35.9. The zero-order valence-electron chi connectivity index (χ0n) is 29.3. The number of ether oxygens (including phenoxy) is 2. The highest BCUT2D eigenvalue weighted by Gasteiger charge is 2.63. The van der Waals surface area contributed by atoms with E-state index in [9.17, 15) is 31.5 Å². The average Bonchev–Trinajstić information content (AvgIpc) is 3.37. The van der Waals surface area contributed by atoms with Gasteiger partial charge in [-0.05, 0) is 111 Å². The number of benzene rings is 1. The Hall–Kier alpha value is -4.17. The van der Waals surface area contributed by atoms with Gasteiger partial charge in [0, 0.05) is 22.0 Å². The maximum Gasteiger partial charge on any atom is 0.431 e. The second-order valence-corrected chi connectivity index (χ2v) is 15.3. The van der Waals surface area contributed by atoms with E-state index in [2.05, 4.69) is 43.1 Å². The molecule has 0 unspecified atom stereocenters. The topological polar surface area (TPSA) is 119 Å². The molecule has 3 N–H and O–H groups in total. The van der Waals surface area contributed by atoms with Gasteiger partial charge in [0.1, 0.15) is 52.6 Å². The van der Waals surface area contributed by atoms with E-state index >= 15 is 8.78 Å². The molecule has 9 nitrogen and oxygen atoms in total. The van der Waals surface area contributed by atoms with Gasteiger partial charge in [0.05, 0.1) is 18.3 Å². The van der Waals surface area contributed by atoms with E-state index in [4.69, 9.17) is 15.2 Å². The van der Waals surface area contributed by atoms with Crippen LogP contribution < -0.4 is 11.1 Å². The van der Waals surface area contributed by atoms with Gasteiger partial charge in [-0.1, -0.05) is 5.92 Å². The first-order valence-electron chi connectivity index (χ1n) is 16.6. The minimum atomic E-state index is -5.09. The zero-order chi connectivity index (χ0) is 39.3. The first kappa shape index (κ1) is 40.0. The van der Waals surface area contributed by atoms with Gasteiger partial charge in [-0.2, -0.15) is 22.0 Å². The van der Waals surface area contributed by atoms with Crippen molar-refractivity contribution in [2.24, 2.45) is 22.6 Å². The standard InChI is InChI=1S/C36H37BrF7N5O4/c1-33(2,3)53-32(51)49-22(17-52-34(49,4)5)8-6-21-7-11-25(37)29(47-21)26(14-18-12-19(38)15-20(39)13-18)48-27(50)16-46-31-28(30(45)36(42,43)44)23-9-10-24(23)35(31,40)41/h7,11-13,15,22-24,26H,9-10,14,16-17,45H2,1-5H3,(H,48,50)/t22-,23+,24-,26+/m1/s1. The van der Waals surface area contributed by atoms with Crippen LogP contribution in [0.25, 0.3) is 0 Å². The number of aliphatic imine (C=N–C) groups is 1. The summed E-state index contributed by atoms with van der Waals surface area (Å²) in [7, 11) is 0. The molecule has 4 atom stereocenters. The van der Waals surface area contributed by atoms with Gasteiger partial charge in [0.2, 0.25) is 5.91 Å². The van der Waals surface area contributed by atoms with Gasteiger partial charge in [0.25, 0.3) is 5.92 Å². The Labute approximate surface area is 309 Å². The van der Waals surface area contributed by atoms with E-state index < -0.39 is 94.5 Å². The number of fused-ring (bicyclic) bond motifs is 1. The molecule has 1 aliphatic heterocycles. The number of hydrogen-bond donors (Lipinski definition) is 2. The normalized spacial score (nSPS) is 24.1. The summed E-state index contributed by atoms with van der Waals surface area (Å²) in [5.74, 6) is -3.27. The molecule has 1 aromatic carbocycles. The number of carbonyl (C=O) groups excluding carboxylic acids is 2. The summed E-state index contributed by atoms with van der Waals surface area (Å²) in [6, 6.07) is 3.86. The molecule has 3 aliphatic rings. The number of nitrogens with one attached hydrogen (secondary N) is 1. The molecule has 53 heavy (non-hydrogen) atoms. The average molecular weight is 817 g/mol. The molecule has 2 heterocycles. The third-order valence-electron chi connectivity index (χ3n) is 9.00. The summed E-state index contributed by atoms with van der Waals surface area (Å²) in [5, 5.41) is 2.57. The quantitative estimate of drug-likeness (QED) is 0.237. The van der Waals surface area contributed by atoms with Crippen molar-refractivity contribution in [2.75, 3.05) is 13.2 Å². The van der Waals surface area contributed by atoms with Gasteiger partial charge >= 0.3 is 12.3 Å². The summed E-state index contributed by atoms with van der Waals surface area (Å²) in [5.41, 5.74) is 0.145. The molecular formula is C36H37BrF7N5O4. The second-order valence-electron chi connectivity index (χ2n) is 14.5. The lowest BCUT2D eigenvalue weighted by Crippen LogP contribution is -2.49. The number of halogens is 8. The van der Waals surface area contributed by atoms with Crippen LogP contribution in [0.3, 0.4) is 0 Å². The van der Waals surface area contributed by atoms with Gasteiger partial charge < -0.3 is 20.5 Å². The number of nitrogens with two attached hydrogens (primary N) is 1. The van der Waals surface area contributed by atoms with Crippen molar-refractivity contribution in [3.05, 3.63) is 74.7 Å². The summed E-state index contributed by atoms with van der Waals surface area (Å²) in [6.45, 7) is 7.56. The Balaban J connectivity index is 1.46. The van der Waals surface area contributed by atoms with E-state index in [0.29, 0.717) is 10.5 Å². The zero-order valence-corrected chi connectivity index (χ0v) is 30.9. The third-order valence-corrected chi connectivity index (χ3v) is 9.67. The molecule has 2 saturated carbocycles. The maximum atomic E-state index is 15.3. The predicted octanol–water partition coefficient (Wildman–Crippen LogP) is 7.14. The van der Waals surface area contributed by atoms with Crippen molar-refractivity contribution < 1.29 is 49.8 Å². The number of amides is 2. The van der Waals surface area contributed by atoms with Gasteiger partial charge in [-0.15, -0.1) is 0 Å². The van der Waals surface area contributed by atoms with Gasteiger partial charge in [-0.25, -0.2) is 18.6 Å². The van der Waals surface area contributed by atoms with Crippen molar-refractivity contribution in [1.29, 1.82) is 0 Å². The van der Waals surface area contributed by atoms with Crippen LogP contribution in [-0.4, -0.2) is 70.2 Å². The van der Waals surface area contributed by atoms with Crippen molar-refractivity contribution in [3.8, 4) is 11.8 Å². The lowest BCUT2D eigenvalue weighted by atomic mass is 9.73. The molecule has 2 aliphatic carbocycles. The van der Waals surface area contributed by atoms with Crippen molar-refractivity contribution >= 4 is 33.6 Å². The number of carbonyl (C=O) groups is 2. The van der Waals surface area contributed by atoms with E-state index in [1.54, 1.807) is 40.7 Å². The minimum absolute atomic E-state index is 0.0344. The van der Waals surface area contributed by atoms with Crippen LogP contribution in [0.1, 0.15) is 70.5 Å². The van der Waals surface area contributed by atoms with Gasteiger partial charge in [0.15, 0.2) is 0 Å². The summed E-state index contributed by atoms with van der Waals surface area (Å²) >= 11 is 3.37. The fourth-order valence-electron chi connectivity index (χ4n) is 6.55. The molecule has 1 aromatic heterocycles. The van der Waals surface area contributed by atoms with Crippen LogP contribution in [0.2, 0.25) is 0 Å². The van der Waals surface area contributed by atoms with Crippen LogP contribution >= 0.6 is 15.9 Å². The summed E-state index contributed by atoms with van der Waals surface area (Å²) < 4.78 is 111. The number of pyridine rings is 1. The molecular weight excluding hydrogens is 779 g/mol. The van der Waals surface area contributed by atoms with Crippen LogP contribution in [0, 0.1) is 35.3 Å². The van der Waals surface area contributed by atoms with Crippen molar-refractivity contribution in [1.82, 2.24) is 15.2 Å². The molecule has 1 saturated heterocycles. The number of alkyl halides is 5. The molecule has 0 radical (unpaired) electrons. The van der Waals surface area contributed by atoms with E-state index in [1.807, 2.05) is 0 Å². The molecule has 2 aromatic rings. The van der Waals surface area contributed by atoms with E-state index in [-0.39, 0.29) is 42.8 Å². The molecule has 0 spiro atoms. The van der Waals surface area contributed by atoms with E-state index in [1.165, 1.54) is 11.0 Å². The highest BCUT2D eigenvalue weighted by atomic mass is 79.9. The molecule has 2 amide bonds. The van der Waals surface area contributed by atoms with Crippen LogP contribution in [0.4, 0.5) is 35.5 Å². The number of aromatic nitrogens is 1. The largest absolute Gasteiger partial charge is 0.444 e. The fraction of sp³-hybridized carbons (Fsp3) is 0.500.